The summed E-state index contributed by atoms with van der Waals surface area (Å²) in [6.45, 7) is 7.44. The van der Waals surface area contributed by atoms with Gasteiger partial charge < -0.3 is 10.6 Å². The van der Waals surface area contributed by atoms with E-state index < -0.39 is 0 Å². The van der Waals surface area contributed by atoms with E-state index in [1.54, 1.807) is 0 Å². The fourth-order valence-electron chi connectivity index (χ4n) is 2.44. The van der Waals surface area contributed by atoms with Crippen molar-refractivity contribution in [2.75, 3.05) is 6.54 Å². The lowest BCUT2D eigenvalue weighted by Gasteiger charge is -2.34. The van der Waals surface area contributed by atoms with Gasteiger partial charge in [-0.05, 0) is 38.6 Å². The maximum absolute atomic E-state index is 12.1. The molecule has 0 aromatic rings. The van der Waals surface area contributed by atoms with E-state index in [1.807, 2.05) is 0 Å². The monoisotopic (exact) mass is 226 g/mol. The summed E-state index contributed by atoms with van der Waals surface area (Å²) in [6, 6.07) is 0.0396. The molecule has 1 fully saturated rings. The number of nitrogens with one attached hydrogen (secondary N) is 2. The summed E-state index contributed by atoms with van der Waals surface area (Å²) in [7, 11) is 0. The second-order valence-corrected chi connectivity index (χ2v) is 4.83. The first-order chi connectivity index (χ1) is 7.67. The predicted molar refractivity (Wildman–Crippen MR) is 67.4 cm³/mol. The van der Waals surface area contributed by atoms with Crippen molar-refractivity contribution in [3.8, 4) is 0 Å². The van der Waals surface area contributed by atoms with Gasteiger partial charge in [0.1, 0.15) is 0 Å². The van der Waals surface area contributed by atoms with Crippen molar-refractivity contribution >= 4 is 5.91 Å². The summed E-state index contributed by atoms with van der Waals surface area (Å²) in [5.41, 5.74) is 0.0101. The van der Waals surface area contributed by atoms with Crippen LogP contribution in [0.3, 0.4) is 0 Å². The normalized spacial score (nSPS) is 21.8. The van der Waals surface area contributed by atoms with Gasteiger partial charge in [0.2, 0.25) is 5.91 Å². The molecule has 1 heterocycles. The van der Waals surface area contributed by atoms with Gasteiger partial charge >= 0.3 is 0 Å². The molecule has 3 heteroatoms. The number of hydrogen-bond donors (Lipinski definition) is 2. The van der Waals surface area contributed by atoms with Crippen LogP contribution in [0.1, 0.15) is 59.3 Å². The van der Waals surface area contributed by atoms with Crippen LogP contribution in [-0.2, 0) is 4.79 Å². The fourth-order valence-corrected chi connectivity index (χ4v) is 2.44. The fraction of sp³-hybridized carbons (Fsp3) is 0.923. The van der Waals surface area contributed by atoms with Crippen LogP contribution in [0, 0.1) is 0 Å². The minimum absolute atomic E-state index is 0.0101. The molecule has 94 valence electrons. The second kappa shape index (κ2) is 6.24. The van der Waals surface area contributed by atoms with Gasteiger partial charge in [-0.25, -0.2) is 0 Å². The van der Waals surface area contributed by atoms with Crippen LogP contribution >= 0.6 is 0 Å². The lowest BCUT2D eigenvalue weighted by atomic mass is 9.89. The van der Waals surface area contributed by atoms with Crippen molar-refractivity contribution in [3.05, 3.63) is 0 Å². The van der Waals surface area contributed by atoms with Crippen molar-refractivity contribution in [1.29, 1.82) is 0 Å². The zero-order valence-corrected chi connectivity index (χ0v) is 10.9. The van der Waals surface area contributed by atoms with E-state index in [4.69, 9.17) is 0 Å². The Morgan fingerprint density at radius 1 is 1.25 bits per heavy atom. The third-order valence-electron chi connectivity index (χ3n) is 4.05. The van der Waals surface area contributed by atoms with Crippen LogP contribution in [0.5, 0.6) is 0 Å². The van der Waals surface area contributed by atoms with E-state index in [9.17, 15) is 4.79 Å². The van der Waals surface area contributed by atoms with E-state index in [1.165, 1.54) is 12.8 Å². The van der Waals surface area contributed by atoms with Gasteiger partial charge in [-0.2, -0.15) is 0 Å². The molecule has 0 radical (unpaired) electrons. The van der Waals surface area contributed by atoms with E-state index in [0.29, 0.717) is 0 Å². The average molecular weight is 226 g/mol. The van der Waals surface area contributed by atoms with Crippen LogP contribution in [0.15, 0.2) is 0 Å². The highest BCUT2D eigenvalue weighted by atomic mass is 16.2. The topological polar surface area (TPSA) is 41.1 Å². The Bertz CT molecular complexity index is 210. The third-order valence-corrected chi connectivity index (χ3v) is 4.05. The number of piperidine rings is 1. The highest BCUT2D eigenvalue weighted by Crippen LogP contribution is 2.20. The van der Waals surface area contributed by atoms with Gasteiger partial charge in [0.25, 0.3) is 0 Å². The van der Waals surface area contributed by atoms with Crippen LogP contribution in [-0.4, -0.2) is 24.0 Å². The van der Waals surface area contributed by atoms with Crippen molar-refractivity contribution in [2.45, 2.75) is 70.9 Å². The van der Waals surface area contributed by atoms with Gasteiger partial charge in [-0.1, -0.05) is 27.2 Å². The van der Waals surface area contributed by atoms with E-state index in [0.717, 1.165) is 32.2 Å². The standard InChI is InChI=1S/C13H26N2O/c1-4-13(5-2,6-3)15-12(16)11-9-7-8-10-14-11/h11,14H,4-10H2,1-3H3,(H,15,16)/t11-/m0/s1. The summed E-state index contributed by atoms with van der Waals surface area (Å²) in [4.78, 5) is 12.1. The summed E-state index contributed by atoms with van der Waals surface area (Å²) < 4.78 is 0. The maximum Gasteiger partial charge on any atom is 0.237 e. The van der Waals surface area contributed by atoms with Crippen molar-refractivity contribution < 1.29 is 4.79 Å². The zero-order valence-electron chi connectivity index (χ0n) is 10.9. The molecular weight excluding hydrogens is 200 g/mol. The Labute approximate surface area is 99.4 Å². The molecule has 0 saturated carbocycles. The van der Waals surface area contributed by atoms with Gasteiger partial charge in [0.15, 0.2) is 0 Å². The molecular formula is C13H26N2O. The van der Waals surface area contributed by atoms with Crippen LogP contribution in [0.2, 0.25) is 0 Å². The Morgan fingerprint density at radius 3 is 2.31 bits per heavy atom. The van der Waals surface area contributed by atoms with Crippen LogP contribution in [0.25, 0.3) is 0 Å². The minimum Gasteiger partial charge on any atom is -0.349 e. The van der Waals surface area contributed by atoms with E-state index >= 15 is 0 Å². The molecule has 1 atom stereocenters. The molecule has 0 aromatic heterocycles. The summed E-state index contributed by atoms with van der Waals surface area (Å²) in [6.07, 6.45) is 6.39. The quantitative estimate of drug-likeness (QED) is 0.754. The smallest absolute Gasteiger partial charge is 0.237 e. The van der Waals surface area contributed by atoms with Crippen molar-refractivity contribution in [3.63, 3.8) is 0 Å². The Morgan fingerprint density at radius 2 is 1.88 bits per heavy atom. The Hall–Kier alpha value is -0.570. The second-order valence-electron chi connectivity index (χ2n) is 4.83. The van der Waals surface area contributed by atoms with Gasteiger partial charge in [0.05, 0.1) is 6.04 Å². The molecule has 0 bridgehead atoms. The molecule has 0 aromatic carbocycles. The largest absolute Gasteiger partial charge is 0.349 e. The predicted octanol–water partition coefficient (Wildman–Crippen LogP) is 2.21. The number of carbonyl (C=O) groups excluding carboxylic acids is 1. The van der Waals surface area contributed by atoms with Crippen LogP contribution < -0.4 is 10.6 Å². The molecule has 0 spiro atoms. The van der Waals surface area contributed by atoms with Crippen LogP contribution in [0.4, 0.5) is 0 Å². The number of amides is 1. The van der Waals surface area contributed by atoms with Crippen molar-refractivity contribution in [2.24, 2.45) is 0 Å². The van der Waals surface area contributed by atoms with E-state index in [-0.39, 0.29) is 17.5 Å². The molecule has 0 unspecified atom stereocenters. The highest BCUT2D eigenvalue weighted by Gasteiger charge is 2.29. The number of carbonyl (C=O) groups is 1. The molecule has 1 rings (SSSR count). The molecule has 1 saturated heterocycles. The van der Waals surface area contributed by atoms with E-state index in [2.05, 4.69) is 31.4 Å². The summed E-state index contributed by atoms with van der Waals surface area (Å²) in [5.74, 6) is 0.199. The maximum atomic E-state index is 12.1. The first kappa shape index (κ1) is 13.5. The first-order valence-corrected chi connectivity index (χ1v) is 6.73. The lowest BCUT2D eigenvalue weighted by molar-refractivity contribution is -0.125. The number of hydrogen-bond acceptors (Lipinski definition) is 2. The molecule has 0 aliphatic carbocycles. The van der Waals surface area contributed by atoms with Gasteiger partial charge in [0, 0.05) is 5.54 Å². The van der Waals surface area contributed by atoms with Gasteiger partial charge in [-0.15, -0.1) is 0 Å². The molecule has 1 amide bonds. The highest BCUT2D eigenvalue weighted by molar-refractivity contribution is 5.82. The SMILES string of the molecule is CCC(CC)(CC)NC(=O)[C@@H]1CCCCN1. The minimum atomic E-state index is 0.0101. The molecule has 16 heavy (non-hydrogen) atoms. The Balaban J connectivity index is 2.53. The molecule has 1 aliphatic heterocycles. The molecule has 1 aliphatic rings. The summed E-state index contributed by atoms with van der Waals surface area (Å²) in [5, 5.41) is 6.55. The zero-order chi connectivity index (χ0) is 12.0. The first-order valence-electron chi connectivity index (χ1n) is 6.73. The Kier molecular flexibility index (Phi) is 5.26. The van der Waals surface area contributed by atoms with Crippen molar-refractivity contribution in [1.82, 2.24) is 10.6 Å². The number of rotatable bonds is 5. The lowest BCUT2D eigenvalue weighted by Crippen LogP contribution is -2.55. The summed E-state index contributed by atoms with van der Waals surface area (Å²) >= 11 is 0. The molecule has 3 nitrogen and oxygen atoms in total. The molecule has 2 N–H and O–H groups in total. The third kappa shape index (κ3) is 3.21. The average Bonchev–Trinajstić information content (AvgIpc) is 2.37. The van der Waals surface area contributed by atoms with Gasteiger partial charge in [-0.3, -0.25) is 4.79 Å².